The van der Waals surface area contributed by atoms with Gasteiger partial charge in [-0.15, -0.1) is 0 Å². The average molecular weight is 319 g/mol. The van der Waals surface area contributed by atoms with Gasteiger partial charge in [0.15, 0.2) is 0 Å². The van der Waals surface area contributed by atoms with Gasteiger partial charge >= 0.3 is 0 Å². The number of nitrogens with one attached hydrogen (secondary N) is 1. The molecule has 2 aliphatic carbocycles. The van der Waals surface area contributed by atoms with Gasteiger partial charge in [0.2, 0.25) is 5.95 Å². The third kappa shape index (κ3) is 4.32. The molecule has 6 heteroatoms. The lowest BCUT2D eigenvalue weighted by Gasteiger charge is -2.32. The predicted octanol–water partition coefficient (Wildman–Crippen LogP) is 2.01. The normalized spacial score (nSPS) is 26.5. The van der Waals surface area contributed by atoms with E-state index in [4.69, 9.17) is 11.5 Å². The Hall–Kier alpha value is -1.40. The first-order valence-corrected chi connectivity index (χ1v) is 8.91. The van der Waals surface area contributed by atoms with E-state index in [2.05, 4.69) is 15.3 Å². The second-order valence-corrected chi connectivity index (χ2v) is 7.23. The summed E-state index contributed by atoms with van der Waals surface area (Å²) < 4.78 is 0. The van der Waals surface area contributed by atoms with E-state index in [-0.39, 0.29) is 18.7 Å². The van der Waals surface area contributed by atoms with E-state index in [0.29, 0.717) is 17.8 Å². The Morgan fingerprint density at radius 3 is 2.61 bits per heavy atom. The van der Waals surface area contributed by atoms with Gasteiger partial charge in [-0.3, -0.25) is 0 Å². The summed E-state index contributed by atoms with van der Waals surface area (Å²) in [6.45, 7) is 0.115. The monoisotopic (exact) mass is 319 g/mol. The van der Waals surface area contributed by atoms with Crippen LogP contribution >= 0.6 is 0 Å². The Balaban J connectivity index is 1.62. The molecule has 1 heterocycles. The van der Waals surface area contributed by atoms with E-state index in [1.807, 2.05) is 6.07 Å². The third-order valence-corrected chi connectivity index (χ3v) is 5.27. The van der Waals surface area contributed by atoms with Gasteiger partial charge in [-0.05, 0) is 25.2 Å². The van der Waals surface area contributed by atoms with Crippen molar-refractivity contribution in [1.29, 1.82) is 0 Å². The fraction of sp³-hybridized carbons (Fsp3) is 0.765. The number of nitrogens with two attached hydrogens (primary N) is 2. The summed E-state index contributed by atoms with van der Waals surface area (Å²) in [5.41, 5.74) is 12.7. The van der Waals surface area contributed by atoms with E-state index in [1.54, 1.807) is 0 Å². The second-order valence-electron chi connectivity index (χ2n) is 7.23. The lowest BCUT2D eigenvalue weighted by atomic mass is 9.78. The van der Waals surface area contributed by atoms with Gasteiger partial charge in [0.05, 0.1) is 18.3 Å². The molecule has 1 atom stereocenters. The first kappa shape index (κ1) is 16.5. The summed E-state index contributed by atoms with van der Waals surface area (Å²) >= 11 is 0. The van der Waals surface area contributed by atoms with Gasteiger partial charge in [0.1, 0.15) is 5.82 Å². The van der Waals surface area contributed by atoms with Crippen LogP contribution in [0.3, 0.4) is 0 Å². The van der Waals surface area contributed by atoms with Crippen LogP contribution in [0.1, 0.15) is 63.0 Å². The number of nitrogens with zero attached hydrogens (tertiary/aromatic N) is 2. The van der Waals surface area contributed by atoms with Crippen LogP contribution in [0.15, 0.2) is 6.07 Å². The molecule has 0 spiro atoms. The van der Waals surface area contributed by atoms with E-state index in [9.17, 15) is 5.11 Å². The van der Waals surface area contributed by atoms with Crippen molar-refractivity contribution in [3.63, 3.8) is 0 Å². The summed E-state index contributed by atoms with van der Waals surface area (Å²) in [4.78, 5) is 8.64. The number of hydrogen-bond donors (Lipinski definition) is 4. The molecule has 6 N–H and O–H groups in total. The number of rotatable bonds is 6. The molecule has 0 bridgehead atoms. The summed E-state index contributed by atoms with van der Waals surface area (Å²) in [5, 5.41) is 13.1. The summed E-state index contributed by atoms with van der Waals surface area (Å²) in [5.74, 6) is 2.11. The molecular weight excluding hydrogens is 290 g/mol. The van der Waals surface area contributed by atoms with Crippen LogP contribution in [0.25, 0.3) is 0 Å². The highest BCUT2D eigenvalue weighted by Gasteiger charge is 2.29. The molecule has 23 heavy (non-hydrogen) atoms. The van der Waals surface area contributed by atoms with Gasteiger partial charge in [-0.2, -0.15) is 4.98 Å². The van der Waals surface area contributed by atoms with Gasteiger partial charge < -0.3 is 21.9 Å². The largest absolute Gasteiger partial charge is 0.394 e. The molecule has 3 rings (SSSR count). The molecule has 2 fully saturated rings. The van der Waals surface area contributed by atoms with Crippen LogP contribution in [0.2, 0.25) is 0 Å². The van der Waals surface area contributed by atoms with Crippen LogP contribution < -0.4 is 16.8 Å². The topological polar surface area (TPSA) is 110 Å². The Morgan fingerprint density at radius 2 is 1.96 bits per heavy atom. The predicted molar refractivity (Wildman–Crippen MR) is 92.1 cm³/mol. The van der Waals surface area contributed by atoms with E-state index in [0.717, 1.165) is 30.8 Å². The molecule has 0 unspecified atom stereocenters. The van der Waals surface area contributed by atoms with Crippen molar-refractivity contribution in [2.75, 3.05) is 17.7 Å². The lowest BCUT2D eigenvalue weighted by Crippen LogP contribution is -2.35. The summed E-state index contributed by atoms with van der Waals surface area (Å²) in [6, 6.07) is 2.28. The van der Waals surface area contributed by atoms with E-state index < -0.39 is 0 Å². The minimum absolute atomic E-state index is 0.0314. The molecule has 0 radical (unpaired) electrons. The lowest BCUT2D eigenvalue weighted by molar-refractivity contribution is 0.236. The first-order chi connectivity index (χ1) is 11.1. The number of hydrogen-bond acceptors (Lipinski definition) is 6. The minimum atomic E-state index is 0.0314. The molecule has 128 valence electrons. The second kappa shape index (κ2) is 7.45. The van der Waals surface area contributed by atoms with Crippen LogP contribution in [-0.2, 0) is 0 Å². The fourth-order valence-corrected chi connectivity index (χ4v) is 3.89. The number of aromatic nitrogens is 2. The van der Waals surface area contributed by atoms with Crippen molar-refractivity contribution in [1.82, 2.24) is 9.97 Å². The van der Waals surface area contributed by atoms with Gasteiger partial charge in [0.25, 0.3) is 0 Å². The van der Waals surface area contributed by atoms with Gasteiger partial charge in [0, 0.05) is 18.0 Å². The minimum Gasteiger partial charge on any atom is -0.394 e. The maximum atomic E-state index is 9.70. The number of aliphatic hydroxyl groups excluding tert-OH is 1. The van der Waals surface area contributed by atoms with E-state index in [1.165, 1.54) is 32.1 Å². The fourth-order valence-electron chi connectivity index (χ4n) is 3.89. The molecular formula is C17H29N5O. The third-order valence-electron chi connectivity index (χ3n) is 5.27. The average Bonchev–Trinajstić information content (AvgIpc) is 2.51. The first-order valence-electron chi connectivity index (χ1n) is 8.91. The highest BCUT2D eigenvalue weighted by Crippen LogP contribution is 2.35. The molecule has 0 aliphatic heterocycles. The zero-order valence-corrected chi connectivity index (χ0v) is 13.7. The molecule has 0 saturated heterocycles. The Morgan fingerprint density at radius 1 is 1.22 bits per heavy atom. The van der Waals surface area contributed by atoms with Gasteiger partial charge in [-0.1, -0.05) is 32.1 Å². The maximum absolute atomic E-state index is 9.70. The molecule has 2 aliphatic rings. The maximum Gasteiger partial charge on any atom is 0.222 e. The zero-order chi connectivity index (χ0) is 16.2. The molecule has 0 aromatic carbocycles. The summed E-state index contributed by atoms with van der Waals surface area (Å²) in [7, 11) is 0. The van der Waals surface area contributed by atoms with Crippen molar-refractivity contribution < 1.29 is 5.11 Å². The van der Waals surface area contributed by atoms with Crippen LogP contribution in [0, 0.1) is 5.92 Å². The van der Waals surface area contributed by atoms with Crippen LogP contribution in [-0.4, -0.2) is 33.8 Å². The Labute approximate surface area is 138 Å². The standard InChI is InChI=1S/C17H29N5O/c18-13-7-12(8-13)15-9-16(22-17(19)21-15)20-14(10-23)6-11-4-2-1-3-5-11/h9,11-14,23H,1-8,10,18H2,(H3,19,20,21,22)/t12?,13?,14-/m0/s1. The molecule has 1 aromatic heterocycles. The van der Waals surface area contributed by atoms with Crippen molar-refractivity contribution >= 4 is 11.8 Å². The number of aliphatic hydroxyl groups is 1. The van der Waals surface area contributed by atoms with E-state index >= 15 is 0 Å². The number of nitrogen functional groups attached to an aromatic ring is 1. The van der Waals surface area contributed by atoms with Crippen LogP contribution in [0.4, 0.5) is 11.8 Å². The quantitative estimate of drug-likeness (QED) is 0.638. The van der Waals surface area contributed by atoms with Crippen molar-refractivity contribution in [3.05, 3.63) is 11.8 Å². The highest BCUT2D eigenvalue weighted by atomic mass is 16.3. The summed E-state index contributed by atoms with van der Waals surface area (Å²) in [6.07, 6.45) is 9.44. The van der Waals surface area contributed by atoms with Gasteiger partial charge in [-0.25, -0.2) is 4.98 Å². The van der Waals surface area contributed by atoms with Crippen molar-refractivity contribution in [2.24, 2.45) is 11.7 Å². The molecule has 0 amide bonds. The Bertz CT molecular complexity index is 512. The molecule has 2 saturated carbocycles. The molecule has 1 aromatic rings. The molecule has 6 nitrogen and oxygen atoms in total. The smallest absolute Gasteiger partial charge is 0.222 e. The SMILES string of the molecule is Nc1nc(N[C@H](CO)CC2CCCCC2)cc(C2CC(N)C2)n1. The number of anilines is 2. The Kier molecular flexibility index (Phi) is 5.33. The zero-order valence-electron chi connectivity index (χ0n) is 13.7. The van der Waals surface area contributed by atoms with Crippen LogP contribution in [0.5, 0.6) is 0 Å². The van der Waals surface area contributed by atoms with Crippen molar-refractivity contribution in [3.8, 4) is 0 Å². The van der Waals surface area contributed by atoms with Crippen molar-refractivity contribution in [2.45, 2.75) is 69.4 Å². The highest BCUT2D eigenvalue weighted by molar-refractivity contribution is 5.42.